The highest BCUT2D eigenvalue weighted by atomic mass is 19.1. The van der Waals surface area contributed by atoms with Gasteiger partial charge in [0.25, 0.3) is 0 Å². The third kappa shape index (κ3) is 4.95. The molecule has 0 radical (unpaired) electrons. The second-order valence-corrected chi connectivity index (χ2v) is 6.97. The second-order valence-electron chi connectivity index (χ2n) is 6.97. The molecule has 148 valence electrons. The third-order valence-corrected chi connectivity index (χ3v) is 4.86. The van der Waals surface area contributed by atoms with Gasteiger partial charge in [0.15, 0.2) is 0 Å². The monoisotopic (exact) mass is 386 g/mol. The number of hydrogen-bond acceptors (Lipinski definition) is 3. The normalized spacial score (nSPS) is 14.8. The zero-order valence-electron chi connectivity index (χ0n) is 15.8. The molecule has 0 aliphatic carbocycles. The molecule has 0 bridgehead atoms. The maximum atomic E-state index is 13.2. The Morgan fingerprint density at radius 2 is 2.00 bits per heavy atom. The first kappa shape index (κ1) is 20.0. The molecule has 1 amide bonds. The van der Waals surface area contributed by atoms with Gasteiger partial charge in [-0.05, 0) is 60.7 Å². The van der Waals surface area contributed by atoms with Crippen LogP contribution in [0.25, 0.3) is 6.08 Å². The molecule has 1 heterocycles. The number of anilines is 1. The first-order valence-corrected chi connectivity index (χ1v) is 9.39. The summed E-state index contributed by atoms with van der Waals surface area (Å²) in [5, 5.41) is 12.1. The van der Waals surface area contributed by atoms with Gasteiger partial charge in [0.1, 0.15) is 11.6 Å². The molecule has 2 N–H and O–H groups in total. The molecule has 4 nitrogen and oxygen atoms in total. The number of halogens is 2. The van der Waals surface area contributed by atoms with Gasteiger partial charge in [0.05, 0.1) is 12.6 Å². The van der Waals surface area contributed by atoms with Crippen molar-refractivity contribution in [3.63, 3.8) is 0 Å². The van der Waals surface area contributed by atoms with Crippen molar-refractivity contribution >= 4 is 17.7 Å². The van der Waals surface area contributed by atoms with Gasteiger partial charge in [0.2, 0.25) is 5.91 Å². The minimum absolute atomic E-state index is 0.120. The van der Waals surface area contributed by atoms with Crippen molar-refractivity contribution in [3.8, 4) is 0 Å². The fourth-order valence-corrected chi connectivity index (χ4v) is 3.51. The summed E-state index contributed by atoms with van der Waals surface area (Å²) in [5.74, 6) is -1.70. The molecule has 28 heavy (non-hydrogen) atoms. The van der Waals surface area contributed by atoms with Crippen LogP contribution in [0.3, 0.4) is 0 Å². The van der Waals surface area contributed by atoms with Gasteiger partial charge >= 0.3 is 0 Å². The van der Waals surface area contributed by atoms with E-state index in [0.717, 1.165) is 48.8 Å². The molecular weight excluding hydrogens is 362 g/mol. The number of β-amino-alcohol motifs (C(OH)–C–C–N with tert-alkyl or cyclic N) is 1. The molecule has 2 aromatic carbocycles. The van der Waals surface area contributed by atoms with Crippen LogP contribution in [0.1, 0.15) is 36.1 Å². The van der Waals surface area contributed by atoms with E-state index >= 15 is 0 Å². The minimum atomic E-state index is -0.683. The molecule has 1 aliphatic rings. The summed E-state index contributed by atoms with van der Waals surface area (Å²) in [5.41, 5.74) is 3.63. The Balaban J connectivity index is 1.66. The number of aliphatic hydroxyl groups is 1. The maximum Gasteiger partial charge on any atom is 0.244 e. The van der Waals surface area contributed by atoms with E-state index in [9.17, 15) is 18.7 Å². The number of rotatable bonds is 6. The van der Waals surface area contributed by atoms with Crippen LogP contribution in [0.15, 0.2) is 42.5 Å². The zero-order chi connectivity index (χ0) is 20.1. The summed E-state index contributed by atoms with van der Waals surface area (Å²) in [6, 6.07) is 9.01. The van der Waals surface area contributed by atoms with Crippen molar-refractivity contribution in [2.24, 2.45) is 0 Å². The van der Waals surface area contributed by atoms with E-state index in [2.05, 4.69) is 16.3 Å². The van der Waals surface area contributed by atoms with Gasteiger partial charge < -0.3 is 15.3 Å². The molecule has 3 rings (SSSR count). The van der Waals surface area contributed by atoms with Crippen LogP contribution >= 0.6 is 0 Å². The molecule has 0 aromatic heterocycles. The number of amides is 1. The summed E-state index contributed by atoms with van der Waals surface area (Å²) in [4.78, 5) is 14.3. The van der Waals surface area contributed by atoms with Gasteiger partial charge in [-0.15, -0.1) is 0 Å². The fourth-order valence-electron chi connectivity index (χ4n) is 3.51. The molecule has 1 aliphatic heterocycles. The number of hydrogen-bond donors (Lipinski definition) is 2. The molecular formula is C22H24F2N2O2. The molecule has 0 fully saturated rings. The summed E-state index contributed by atoms with van der Waals surface area (Å²) in [6.45, 7) is 3.56. The lowest BCUT2D eigenvalue weighted by atomic mass is 9.97. The molecule has 0 saturated heterocycles. The van der Waals surface area contributed by atoms with Gasteiger partial charge in [-0.2, -0.15) is 0 Å². The van der Waals surface area contributed by atoms with Crippen molar-refractivity contribution in [3.05, 3.63) is 70.8 Å². The fraction of sp³-hybridized carbons (Fsp3) is 0.318. The maximum absolute atomic E-state index is 13.2. The number of nitrogens with one attached hydrogen (secondary N) is 1. The minimum Gasteiger partial charge on any atom is -0.395 e. The van der Waals surface area contributed by atoms with Crippen molar-refractivity contribution in [1.82, 2.24) is 5.32 Å². The average Bonchev–Trinajstić information content (AvgIpc) is 2.65. The van der Waals surface area contributed by atoms with Gasteiger partial charge in [-0.25, -0.2) is 8.78 Å². The van der Waals surface area contributed by atoms with E-state index < -0.39 is 11.6 Å². The standard InChI is InChI=1S/C22H24F2N2O2/c1-15(25-22(28)7-4-16-11-19(23)14-20(24)12-16)17-5-6-21-18(13-17)3-2-8-26(21)9-10-27/h4-7,11-15,27H,2-3,8-10H2,1H3,(H,25,28)/b7-4+. The highest BCUT2D eigenvalue weighted by molar-refractivity contribution is 5.92. The Hall–Kier alpha value is -2.73. The van der Waals surface area contributed by atoms with E-state index in [4.69, 9.17) is 0 Å². The summed E-state index contributed by atoms with van der Waals surface area (Å²) < 4.78 is 26.4. The highest BCUT2D eigenvalue weighted by Gasteiger charge is 2.18. The third-order valence-electron chi connectivity index (χ3n) is 4.86. The summed E-state index contributed by atoms with van der Waals surface area (Å²) >= 11 is 0. The molecule has 0 spiro atoms. The van der Waals surface area contributed by atoms with Crippen LogP contribution in [-0.2, 0) is 11.2 Å². The number of carbonyl (C=O) groups excluding carboxylic acids is 1. The number of nitrogens with zero attached hydrogens (tertiary/aromatic N) is 1. The van der Waals surface area contributed by atoms with Crippen molar-refractivity contribution < 1.29 is 18.7 Å². The highest BCUT2D eigenvalue weighted by Crippen LogP contribution is 2.29. The van der Waals surface area contributed by atoms with Crippen molar-refractivity contribution in [2.75, 3.05) is 24.6 Å². The van der Waals surface area contributed by atoms with Crippen LogP contribution in [0.5, 0.6) is 0 Å². The van der Waals surface area contributed by atoms with Crippen LogP contribution in [0.2, 0.25) is 0 Å². The van der Waals surface area contributed by atoms with Crippen LogP contribution in [0, 0.1) is 11.6 Å². The van der Waals surface area contributed by atoms with E-state index in [-0.39, 0.29) is 24.1 Å². The SMILES string of the molecule is CC(NC(=O)/C=C/c1cc(F)cc(F)c1)c1ccc2c(c1)CCCN2CCO. The smallest absolute Gasteiger partial charge is 0.244 e. The van der Waals surface area contributed by atoms with Crippen molar-refractivity contribution in [2.45, 2.75) is 25.8 Å². The lowest BCUT2D eigenvalue weighted by Crippen LogP contribution is -2.32. The number of aliphatic hydroxyl groups excluding tert-OH is 1. The molecule has 6 heteroatoms. The first-order chi connectivity index (χ1) is 13.5. The lowest BCUT2D eigenvalue weighted by Gasteiger charge is -2.31. The van der Waals surface area contributed by atoms with Crippen LogP contribution in [-0.4, -0.2) is 30.7 Å². The topological polar surface area (TPSA) is 52.6 Å². The van der Waals surface area contributed by atoms with Crippen LogP contribution in [0.4, 0.5) is 14.5 Å². The van der Waals surface area contributed by atoms with E-state index in [1.807, 2.05) is 19.1 Å². The van der Waals surface area contributed by atoms with Gasteiger partial charge in [0, 0.05) is 30.9 Å². The summed E-state index contributed by atoms with van der Waals surface area (Å²) in [7, 11) is 0. The Morgan fingerprint density at radius 3 is 2.71 bits per heavy atom. The Morgan fingerprint density at radius 1 is 1.25 bits per heavy atom. The number of aryl methyl sites for hydroxylation is 1. The first-order valence-electron chi connectivity index (χ1n) is 9.39. The lowest BCUT2D eigenvalue weighted by molar-refractivity contribution is -0.117. The second kappa shape index (κ2) is 8.97. The van der Waals surface area contributed by atoms with E-state index in [1.54, 1.807) is 0 Å². The molecule has 2 aromatic rings. The molecule has 0 saturated carbocycles. The predicted octanol–water partition coefficient (Wildman–Crippen LogP) is 3.60. The Kier molecular flexibility index (Phi) is 6.41. The van der Waals surface area contributed by atoms with Gasteiger partial charge in [-0.1, -0.05) is 12.1 Å². The number of benzene rings is 2. The Bertz CT molecular complexity index is 863. The van der Waals surface area contributed by atoms with E-state index in [0.29, 0.717) is 6.54 Å². The largest absolute Gasteiger partial charge is 0.395 e. The summed E-state index contributed by atoms with van der Waals surface area (Å²) in [6.07, 6.45) is 4.65. The molecule has 1 unspecified atom stereocenters. The number of fused-ring (bicyclic) bond motifs is 1. The average molecular weight is 386 g/mol. The van der Waals surface area contributed by atoms with E-state index in [1.165, 1.54) is 17.7 Å². The number of carbonyl (C=O) groups is 1. The van der Waals surface area contributed by atoms with Crippen LogP contribution < -0.4 is 10.2 Å². The van der Waals surface area contributed by atoms with Crippen molar-refractivity contribution in [1.29, 1.82) is 0 Å². The predicted molar refractivity (Wildman–Crippen MR) is 106 cm³/mol. The quantitative estimate of drug-likeness (QED) is 0.746. The zero-order valence-corrected chi connectivity index (χ0v) is 15.8. The van der Waals surface area contributed by atoms with Gasteiger partial charge in [-0.3, -0.25) is 4.79 Å². The molecule has 1 atom stereocenters. The Labute approximate surface area is 163 Å².